The van der Waals surface area contributed by atoms with Crippen LogP contribution in [0.5, 0.6) is 0 Å². The fourth-order valence-electron chi connectivity index (χ4n) is 2.15. The third-order valence-corrected chi connectivity index (χ3v) is 4.81. The van der Waals surface area contributed by atoms with Crippen LogP contribution in [0.1, 0.15) is 84.5 Å². The summed E-state index contributed by atoms with van der Waals surface area (Å²) in [6, 6.07) is 0. The minimum absolute atomic E-state index is 0.0959. The van der Waals surface area contributed by atoms with Crippen LogP contribution in [-0.4, -0.2) is 20.5 Å². The van der Waals surface area contributed by atoms with Gasteiger partial charge >= 0.3 is 5.97 Å². The molecule has 0 aromatic carbocycles. The SMILES string of the molecule is CCCCCCCCCCCC(=S)SC(C)CC(=O)O. The normalized spacial score (nSPS) is 12.3. The van der Waals surface area contributed by atoms with Gasteiger partial charge in [0.05, 0.1) is 6.42 Å². The van der Waals surface area contributed by atoms with E-state index in [1.54, 1.807) is 11.8 Å². The van der Waals surface area contributed by atoms with Gasteiger partial charge < -0.3 is 5.11 Å². The van der Waals surface area contributed by atoms with Crippen molar-refractivity contribution in [2.24, 2.45) is 0 Å². The highest BCUT2D eigenvalue weighted by atomic mass is 32.2. The van der Waals surface area contributed by atoms with Gasteiger partial charge in [-0.05, 0) is 12.8 Å². The fraction of sp³-hybridized carbons (Fsp3) is 0.875. The third-order valence-electron chi connectivity index (χ3n) is 3.28. The van der Waals surface area contributed by atoms with E-state index >= 15 is 0 Å². The van der Waals surface area contributed by atoms with E-state index in [0.29, 0.717) is 0 Å². The van der Waals surface area contributed by atoms with Gasteiger partial charge in [0.2, 0.25) is 0 Å². The van der Waals surface area contributed by atoms with Crippen LogP contribution >= 0.6 is 24.0 Å². The summed E-state index contributed by atoms with van der Waals surface area (Å²) in [7, 11) is 0. The summed E-state index contributed by atoms with van der Waals surface area (Å²) in [6.07, 6.45) is 13.0. The highest BCUT2D eigenvalue weighted by molar-refractivity contribution is 8.23. The van der Waals surface area contributed by atoms with E-state index < -0.39 is 5.97 Å². The second kappa shape index (κ2) is 13.9. The van der Waals surface area contributed by atoms with Gasteiger partial charge in [-0.1, -0.05) is 77.4 Å². The monoisotopic (exact) mass is 318 g/mol. The van der Waals surface area contributed by atoms with Crippen LogP contribution in [0.4, 0.5) is 0 Å². The van der Waals surface area contributed by atoms with Crippen LogP contribution in [-0.2, 0) is 4.79 Å². The van der Waals surface area contributed by atoms with Gasteiger partial charge in [0.25, 0.3) is 0 Å². The van der Waals surface area contributed by atoms with Crippen molar-refractivity contribution in [3.8, 4) is 0 Å². The maximum atomic E-state index is 10.6. The lowest BCUT2D eigenvalue weighted by Crippen LogP contribution is -2.07. The van der Waals surface area contributed by atoms with Gasteiger partial charge in [-0.2, -0.15) is 0 Å². The quantitative estimate of drug-likeness (QED) is 0.342. The maximum Gasteiger partial charge on any atom is 0.304 e. The lowest BCUT2D eigenvalue weighted by atomic mass is 10.1. The van der Waals surface area contributed by atoms with Crippen LogP contribution < -0.4 is 0 Å². The minimum Gasteiger partial charge on any atom is -0.481 e. The van der Waals surface area contributed by atoms with E-state index in [1.165, 1.54) is 51.4 Å². The summed E-state index contributed by atoms with van der Waals surface area (Å²) >= 11 is 6.86. The molecule has 0 fully saturated rings. The van der Waals surface area contributed by atoms with Gasteiger partial charge in [0.1, 0.15) is 0 Å². The first-order valence-electron chi connectivity index (χ1n) is 7.97. The van der Waals surface area contributed by atoms with Crippen LogP contribution in [0.3, 0.4) is 0 Å². The Labute approximate surface area is 134 Å². The fourth-order valence-corrected chi connectivity index (χ4v) is 3.72. The second-order valence-electron chi connectivity index (χ2n) is 5.48. The van der Waals surface area contributed by atoms with Gasteiger partial charge in [0, 0.05) is 9.45 Å². The molecular formula is C16H30O2S2. The molecule has 2 nitrogen and oxygen atoms in total. The largest absolute Gasteiger partial charge is 0.481 e. The van der Waals surface area contributed by atoms with Crippen LogP contribution in [0.15, 0.2) is 0 Å². The van der Waals surface area contributed by atoms with Crippen LogP contribution in [0.2, 0.25) is 0 Å². The topological polar surface area (TPSA) is 37.3 Å². The first-order chi connectivity index (χ1) is 9.56. The van der Waals surface area contributed by atoms with Gasteiger partial charge in [-0.3, -0.25) is 4.79 Å². The molecule has 0 aliphatic heterocycles. The van der Waals surface area contributed by atoms with E-state index in [0.717, 1.165) is 17.0 Å². The van der Waals surface area contributed by atoms with E-state index in [2.05, 4.69) is 6.92 Å². The molecular weight excluding hydrogens is 288 g/mol. The van der Waals surface area contributed by atoms with Crippen molar-refractivity contribution in [1.82, 2.24) is 0 Å². The number of thiocarbonyl (C=S) groups is 1. The van der Waals surface area contributed by atoms with Crippen molar-refractivity contribution in [3.05, 3.63) is 0 Å². The first kappa shape index (κ1) is 19.9. The van der Waals surface area contributed by atoms with Crippen molar-refractivity contribution in [2.75, 3.05) is 0 Å². The van der Waals surface area contributed by atoms with Crippen LogP contribution in [0, 0.1) is 0 Å². The number of carboxylic acid groups (broad SMARTS) is 1. The van der Waals surface area contributed by atoms with E-state index in [-0.39, 0.29) is 11.7 Å². The Bertz CT molecular complexity index is 267. The number of rotatable bonds is 13. The van der Waals surface area contributed by atoms with Crippen molar-refractivity contribution in [1.29, 1.82) is 0 Å². The zero-order valence-electron chi connectivity index (χ0n) is 13.0. The Kier molecular flexibility index (Phi) is 13.8. The molecule has 0 heterocycles. The van der Waals surface area contributed by atoms with E-state index in [4.69, 9.17) is 17.3 Å². The highest BCUT2D eigenvalue weighted by Crippen LogP contribution is 2.20. The lowest BCUT2D eigenvalue weighted by Gasteiger charge is -2.09. The molecule has 0 amide bonds. The molecule has 0 saturated heterocycles. The summed E-state index contributed by atoms with van der Waals surface area (Å²) in [4.78, 5) is 10.6. The van der Waals surface area contributed by atoms with Crippen molar-refractivity contribution in [2.45, 2.75) is 89.7 Å². The standard InChI is InChI=1S/C16H30O2S2/c1-3-4-5-6-7-8-9-10-11-12-16(19)20-14(2)13-15(17)18/h14H,3-13H2,1-2H3,(H,17,18). The van der Waals surface area contributed by atoms with Crippen LogP contribution in [0.25, 0.3) is 0 Å². The minimum atomic E-state index is -0.740. The Morgan fingerprint density at radius 1 is 1.05 bits per heavy atom. The predicted molar refractivity (Wildman–Crippen MR) is 93.7 cm³/mol. The second-order valence-corrected chi connectivity index (χ2v) is 7.76. The summed E-state index contributed by atoms with van der Waals surface area (Å²) in [5, 5.41) is 8.79. The van der Waals surface area contributed by atoms with Gasteiger partial charge in [-0.15, -0.1) is 11.8 Å². The van der Waals surface area contributed by atoms with E-state index in [9.17, 15) is 4.79 Å². The Hall–Kier alpha value is -0.0900. The molecule has 0 aromatic heterocycles. The van der Waals surface area contributed by atoms with Gasteiger partial charge in [0.15, 0.2) is 0 Å². The molecule has 0 spiro atoms. The Morgan fingerprint density at radius 3 is 2.05 bits per heavy atom. The van der Waals surface area contributed by atoms with Crippen molar-refractivity contribution < 1.29 is 9.90 Å². The van der Waals surface area contributed by atoms with Crippen molar-refractivity contribution in [3.63, 3.8) is 0 Å². The zero-order valence-corrected chi connectivity index (χ0v) is 14.7. The molecule has 0 radical (unpaired) electrons. The van der Waals surface area contributed by atoms with Gasteiger partial charge in [-0.25, -0.2) is 0 Å². The molecule has 0 rings (SSSR count). The molecule has 0 bridgehead atoms. The number of unbranched alkanes of at least 4 members (excludes halogenated alkanes) is 8. The summed E-state index contributed by atoms with van der Waals surface area (Å²) in [6.45, 7) is 4.18. The van der Waals surface area contributed by atoms with E-state index in [1.807, 2.05) is 6.92 Å². The summed E-state index contributed by atoms with van der Waals surface area (Å²) < 4.78 is 0.974. The molecule has 118 valence electrons. The van der Waals surface area contributed by atoms with Crippen molar-refractivity contribution >= 4 is 34.1 Å². The smallest absolute Gasteiger partial charge is 0.304 e. The zero-order chi connectivity index (χ0) is 15.2. The number of hydrogen-bond acceptors (Lipinski definition) is 3. The number of carboxylic acids is 1. The Morgan fingerprint density at radius 2 is 1.55 bits per heavy atom. The Balaban J connectivity index is 3.33. The number of hydrogen-bond donors (Lipinski definition) is 1. The molecule has 0 saturated carbocycles. The molecule has 1 unspecified atom stereocenters. The average molecular weight is 319 g/mol. The number of carbonyl (C=O) groups is 1. The third kappa shape index (κ3) is 14.3. The molecule has 1 N–H and O–H groups in total. The maximum absolute atomic E-state index is 10.6. The summed E-state index contributed by atoms with van der Waals surface area (Å²) in [5.41, 5.74) is 0. The molecule has 0 aliphatic rings. The summed E-state index contributed by atoms with van der Waals surface area (Å²) in [5.74, 6) is -0.740. The molecule has 0 aromatic rings. The molecule has 20 heavy (non-hydrogen) atoms. The highest BCUT2D eigenvalue weighted by Gasteiger charge is 2.10. The molecule has 1 atom stereocenters. The molecule has 4 heteroatoms. The predicted octanol–water partition coefficient (Wildman–Crippen LogP) is 5.83. The average Bonchev–Trinajstić information content (AvgIpc) is 2.35. The first-order valence-corrected chi connectivity index (χ1v) is 9.26. The number of thioether (sulfide) groups is 1. The number of aliphatic carboxylic acids is 1. The lowest BCUT2D eigenvalue weighted by molar-refractivity contribution is -0.136. The molecule has 0 aliphatic carbocycles.